The van der Waals surface area contributed by atoms with Crippen LogP contribution in [0.2, 0.25) is 0 Å². The van der Waals surface area contributed by atoms with Crippen molar-refractivity contribution < 1.29 is 23.1 Å². The van der Waals surface area contributed by atoms with Crippen molar-refractivity contribution in [2.45, 2.75) is 44.9 Å². The number of nitrogens with zero attached hydrogens (tertiary/aromatic N) is 1. The van der Waals surface area contributed by atoms with E-state index in [0.29, 0.717) is 17.8 Å². The fraction of sp³-hybridized carbons (Fsp3) is 0.391. The molecule has 0 atom stereocenters. The van der Waals surface area contributed by atoms with Crippen LogP contribution in [0.1, 0.15) is 41.6 Å². The standard InChI is InChI=1S/C23H27F2N3O3/c1-28(14-16-10-12-18(13-11-16)31-23(24)25)15-21(29)27-20-9-5-4-8-19(20)22(30)26-17-6-2-3-7-17/h4-5,8-13,17,23H,2-3,6-7,14-15H2,1H3,(H,26,30)(H,27,29). The number of carbonyl (C=O) groups excluding carboxylic acids is 2. The number of anilines is 1. The molecule has 0 radical (unpaired) electrons. The number of ether oxygens (including phenoxy) is 1. The highest BCUT2D eigenvalue weighted by molar-refractivity contribution is 6.04. The van der Waals surface area contributed by atoms with Crippen LogP contribution in [0.25, 0.3) is 0 Å². The van der Waals surface area contributed by atoms with Crippen LogP contribution in [0, 0.1) is 0 Å². The average molecular weight is 431 g/mol. The number of amides is 2. The molecule has 1 fully saturated rings. The lowest BCUT2D eigenvalue weighted by Crippen LogP contribution is -2.34. The fourth-order valence-electron chi connectivity index (χ4n) is 3.70. The van der Waals surface area contributed by atoms with Crippen molar-refractivity contribution in [2.24, 2.45) is 0 Å². The number of hydrogen-bond donors (Lipinski definition) is 2. The zero-order valence-electron chi connectivity index (χ0n) is 17.4. The Morgan fingerprint density at radius 1 is 1.10 bits per heavy atom. The SMILES string of the molecule is CN(CC(=O)Nc1ccccc1C(=O)NC1CCCC1)Cc1ccc(OC(F)F)cc1. The number of hydrogen-bond acceptors (Lipinski definition) is 4. The van der Waals surface area contributed by atoms with Gasteiger partial charge in [-0.1, -0.05) is 37.1 Å². The Morgan fingerprint density at radius 2 is 1.77 bits per heavy atom. The lowest BCUT2D eigenvalue weighted by molar-refractivity contribution is -0.117. The van der Waals surface area contributed by atoms with Crippen molar-refractivity contribution in [3.63, 3.8) is 0 Å². The Hall–Kier alpha value is -3.00. The van der Waals surface area contributed by atoms with E-state index in [1.165, 1.54) is 12.1 Å². The molecular formula is C23H27F2N3O3. The van der Waals surface area contributed by atoms with Crippen LogP contribution >= 0.6 is 0 Å². The number of carbonyl (C=O) groups is 2. The number of nitrogens with one attached hydrogen (secondary N) is 2. The second-order valence-electron chi connectivity index (χ2n) is 7.74. The van der Waals surface area contributed by atoms with Gasteiger partial charge in [0, 0.05) is 12.6 Å². The summed E-state index contributed by atoms with van der Waals surface area (Å²) in [4.78, 5) is 26.9. The summed E-state index contributed by atoms with van der Waals surface area (Å²) in [6.07, 6.45) is 4.22. The number of alkyl halides is 2. The topological polar surface area (TPSA) is 70.7 Å². The molecule has 2 N–H and O–H groups in total. The molecule has 0 bridgehead atoms. The molecule has 6 nitrogen and oxygen atoms in total. The fourth-order valence-corrected chi connectivity index (χ4v) is 3.70. The maximum Gasteiger partial charge on any atom is 0.387 e. The molecule has 2 aromatic carbocycles. The molecule has 1 aliphatic carbocycles. The molecular weight excluding hydrogens is 404 g/mol. The molecule has 0 aliphatic heterocycles. The van der Waals surface area contributed by atoms with E-state index < -0.39 is 6.61 Å². The Bertz CT molecular complexity index is 884. The van der Waals surface area contributed by atoms with Crippen molar-refractivity contribution in [1.82, 2.24) is 10.2 Å². The third-order valence-electron chi connectivity index (χ3n) is 5.15. The van der Waals surface area contributed by atoms with Gasteiger partial charge in [0.15, 0.2) is 0 Å². The van der Waals surface area contributed by atoms with E-state index in [4.69, 9.17) is 0 Å². The Labute approximate surface area is 180 Å². The molecule has 1 saturated carbocycles. The van der Waals surface area contributed by atoms with E-state index in [-0.39, 0.29) is 30.2 Å². The predicted molar refractivity (Wildman–Crippen MR) is 114 cm³/mol. The minimum atomic E-state index is -2.86. The first-order chi connectivity index (χ1) is 14.9. The lowest BCUT2D eigenvalue weighted by atomic mass is 10.1. The van der Waals surface area contributed by atoms with Crippen LogP contribution < -0.4 is 15.4 Å². The Morgan fingerprint density at radius 3 is 2.45 bits per heavy atom. The maximum absolute atomic E-state index is 12.6. The first-order valence-electron chi connectivity index (χ1n) is 10.3. The van der Waals surface area contributed by atoms with Crippen LogP contribution in [0.4, 0.5) is 14.5 Å². The normalized spacial score (nSPS) is 14.1. The van der Waals surface area contributed by atoms with Crippen LogP contribution in [-0.4, -0.2) is 43.0 Å². The maximum atomic E-state index is 12.6. The van der Waals surface area contributed by atoms with Gasteiger partial charge in [0.2, 0.25) is 5.91 Å². The zero-order chi connectivity index (χ0) is 22.2. The van der Waals surface area contributed by atoms with Crippen LogP contribution in [0.15, 0.2) is 48.5 Å². The summed E-state index contributed by atoms with van der Waals surface area (Å²) in [6.45, 7) is -2.31. The van der Waals surface area contributed by atoms with Crippen LogP contribution in [0.3, 0.4) is 0 Å². The lowest BCUT2D eigenvalue weighted by Gasteiger charge is -2.18. The van der Waals surface area contributed by atoms with E-state index >= 15 is 0 Å². The van der Waals surface area contributed by atoms with Crippen molar-refractivity contribution in [2.75, 3.05) is 18.9 Å². The van der Waals surface area contributed by atoms with Crippen LogP contribution in [-0.2, 0) is 11.3 Å². The highest BCUT2D eigenvalue weighted by atomic mass is 19.3. The van der Waals surface area contributed by atoms with Crippen molar-refractivity contribution in [3.05, 3.63) is 59.7 Å². The molecule has 2 aromatic rings. The largest absolute Gasteiger partial charge is 0.435 e. The van der Waals surface area contributed by atoms with Crippen molar-refractivity contribution in [3.8, 4) is 5.75 Å². The Balaban J connectivity index is 1.53. The molecule has 8 heteroatoms. The second-order valence-corrected chi connectivity index (χ2v) is 7.74. The summed E-state index contributed by atoms with van der Waals surface area (Å²) in [7, 11) is 1.78. The summed E-state index contributed by atoms with van der Waals surface area (Å²) >= 11 is 0. The van der Waals surface area contributed by atoms with Gasteiger partial charge in [-0.2, -0.15) is 8.78 Å². The predicted octanol–water partition coefficient (Wildman–Crippen LogP) is 4.03. The van der Waals surface area contributed by atoms with Gasteiger partial charge in [-0.3, -0.25) is 14.5 Å². The minimum Gasteiger partial charge on any atom is -0.435 e. The molecule has 0 spiro atoms. The Kier molecular flexibility index (Phi) is 7.94. The van der Waals surface area contributed by atoms with E-state index in [1.807, 2.05) is 0 Å². The number of benzene rings is 2. The van der Waals surface area contributed by atoms with Gasteiger partial charge in [0.25, 0.3) is 5.91 Å². The highest BCUT2D eigenvalue weighted by Crippen LogP contribution is 2.20. The van der Waals surface area contributed by atoms with Gasteiger partial charge in [-0.05, 0) is 49.7 Å². The molecule has 3 rings (SSSR count). The second kappa shape index (κ2) is 10.9. The van der Waals surface area contributed by atoms with Gasteiger partial charge >= 0.3 is 6.61 Å². The van der Waals surface area contributed by atoms with Crippen LogP contribution in [0.5, 0.6) is 5.75 Å². The average Bonchev–Trinajstić information content (AvgIpc) is 3.22. The molecule has 0 aromatic heterocycles. The van der Waals surface area contributed by atoms with Crippen molar-refractivity contribution in [1.29, 1.82) is 0 Å². The first kappa shape index (κ1) is 22.7. The van der Waals surface area contributed by atoms with E-state index in [0.717, 1.165) is 31.2 Å². The van der Waals surface area contributed by atoms with Gasteiger partial charge in [0.05, 0.1) is 17.8 Å². The molecule has 0 saturated heterocycles. The summed E-state index contributed by atoms with van der Waals surface area (Å²) in [5.74, 6) is -0.338. The number of rotatable bonds is 9. The molecule has 2 amide bonds. The third kappa shape index (κ3) is 7.03. The third-order valence-corrected chi connectivity index (χ3v) is 5.15. The summed E-state index contributed by atoms with van der Waals surface area (Å²) in [5.41, 5.74) is 1.78. The first-order valence-corrected chi connectivity index (χ1v) is 10.3. The molecule has 166 valence electrons. The van der Waals surface area contributed by atoms with E-state index in [1.54, 1.807) is 48.3 Å². The van der Waals surface area contributed by atoms with E-state index in [2.05, 4.69) is 15.4 Å². The number of halogens is 2. The highest BCUT2D eigenvalue weighted by Gasteiger charge is 2.20. The quantitative estimate of drug-likeness (QED) is 0.629. The smallest absolute Gasteiger partial charge is 0.387 e. The molecule has 1 aliphatic rings. The molecule has 0 heterocycles. The minimum absolute atomic E-state index is 0.0895. The number of para-hydroxylation sites is 1. The molecule has 31 heavy (non-hydrogen) atoms. The number of likely N-dealkylation sites (N-methyl/N-ethyl adjacent to an activating group) is 1. The van der Waals surface area contributed by atoms with Gasteiger partial charge in [0.1, 0.15) is 5.75 Å². The monoisotopic (exact) mass is 431 g/mol. The zero-order valence-corrected chi connectivity index (χ0v) is 17.4. The molecule has 0 unspecified atom stereocenters. The summed E-state index contributed by atoms with van der Waals surface area (Å²) < 4.78 is 28.8. The summed E-state index contributed by atoms with van der Waals surface area (Å²) in [6, 6.07) is 13.4. The van der Waals surface area contributed by atoms with Gasteiger partial charge in [-0.15, -0.1) is 0 Å². The van der Waals surface area contributed by atoms with Gasteiger partial charge < -0.3 is 15.4 Å². The van der Waals surface area contributed by atoms with E-state index in [9.17, 15) is 18.4 Å². The van der Waals surface area contributed by atoms with Crippen molar-refractivity contribution >= 4 is 17.5 Å². The summed E-state index contributed by atoms with van der Waals surface area (Å²) in [5, 5.41) is 5.86. The van der Waals surface area contributed by atoms with Gasteiger partial charge in [-0.25, -0.2) is 0 Å².